The number of halogens is 1. The van der Waals surface area contributed by atoms with Gasteiger partial charge in [0.05, 0.1) is 30.2 Å². The van der Waals surface area contributed by atoms with Crippen LogP contribution in [0.1, 0.15) is 47.1 Å². The highest BCUT2D eigenvalue weighted by Gasteiger charge is 2.42. The van der Waals surface area contributed by atoms with Crippen LogP contribution in [0.4, 0.5) is 0 Å². The van der Waals surface area contributed by atoms with Crippen LogP contribution < -0.4 is 14.9 Å². The number of rotatable bonds is 7. The second kappa shape index (κ2) is 8.71. The van der Waals surface area contributed by atoms with Gasteiger partial charge in [-0.2, -0.15) is 0 Å². The number of carbonyl (C=O) groups excluding carboxylic acids is 1. The molecule has 1 aliphatic heterocycles. The Hall–Kier alpha value is -3.25. The fourth-order valence-electron chi connectivity index (χ4n) is 4.05. The van der Waals surface area contributed by atoms with E-state index in [1.54, 1.807) is 29.2 Å². The molecule has 0 aliphatic carbocycles. The molecule has 1 unspecified atom stereocenters. The van der Waals surface area contributed by atoms with E-state index >= 15 is 0 Å². The van der Waals surface area contributed by atoms with Crippen molar-refractivity contribution in [1.29, 1.82) is 0 Å². The summed E-state index contributed by atoms with van der Waals surface area (Å²) in [6.07, 6.45) is 1.63. The van der Waals surface area contributed by atoms with Crippen LogP contribution in [0.2, 0.25) is 5.02 Å². The molecule has 7 heteroatoms. The van der Waals surface area contributed by atoms with Gasteiger partial charge in [-0.15, -0.1) is 6.58 Å². The summed E-state index contributed by atoms with van der Waals surface area (Å²) in [6.45, 7) is 10.6. The highest BCUT2D eigenvalue weighted by atomic mass is 35.5. The third-order valence-corrected chi connectivity index (χ3v) is 5.86. The maximum absolute atomic E-state index is 13.6. The zero-order valence-electron chi connectivity index (χ0n) is 18.2. The first-order chi connectivity index (χ1) is 15.4. The maximum Gasteiger partial charge on any atom is 0.291 e. The van der Waals surface area contributed by atoms with Crippen LogP contribution in [0.3, 0.4) is 0 Å². The molecule has 0 N–H and O–H groups in total. The van der Waals surface area contributed by atoms with E-state index < -0.39 is 6.04 Å². The largest absolute Gasteiger partial charge is 0.490 e. The molecular formula is C25H24ClNO5. The van der Waals surface area contributed by atoms with Gasteiger partial charge in [0.1, 0.15) is 5.58 Å². The van der Waals surface area contributed by atoms with Gasteiger partial charge in [-0.1, -0.05) is 23.7 Å². The summed E-state index contributed by atoms with van der Waals surface area (Å²) < 4.78 is 17.4. The number of nitrogens with zero attached hydrogens (tertiary/aromatic N) is 1. The molecule has 2 heterocycles. The standard InChI is InChI=1S/C25H24ClNO5/c1-5-10-27-22(15-8-9-18(30-6-2)20(12-15)31-7-3)21-23(28)16-13-17(26)14(4)11-19(16)32-24(21)25(27)29/h5,8-9,11-13,22H,1,6-7,10H2,2-4H3. The molecule has 3 aromatic rings. The number of benzene rings is 2. The second-order valence-electron chi connectivity index (χ2n) is 7.49. The third-order valence-electron chi connectivity index (χ3n) is 5.46. The molecular weight excluding hydrogens is 430 g/mol. The van der Waals surface area contributed by atoms with Gasteiger partial charge in [0.15, 0.2) is 16.9 Å². The molecule has 6 nitrogen and oxygen atoms in total. The molecule has 0 bridgehead atoms. The molecule has 1 aromatic heterocycles. The Bertz CT molecular complexity index is 1280. The summed E-state index contributed by atoms with van der Waals surface area (Å²) in [7, 11) is 0. The summed E-state index contributed by atoms with van der Waals surface area (Å²) in [4.78, 5) is 28.4. The zero-order chi connectivity index (χ0) is 23.0. The molecule has 1 amide bonds. The average molecular weight is 454 g/mol. The van der Waals surface area contributed by atoms with Crippen LogP contribution >= 0.6 is 11.6 Å². The van der Waals surface area contributed by atoms with Gasteiger partial charge in [-0.3, -0.25) is 9.59 Å². The smallest absolute Gasteiger partial charge is 0.291 e. The Morgan fingerprint density at radius 3 is 2.53 bits per heavy atom. The first kappa shape index (κ1) is 22.0. The minimum atomic E-state index is -0.647. The summed E-state index contributed by atoms with van der Waals surface area (Å²) >= 11 is 6.27. The lowest BCUT2D eigenvalue weighted by Crippen LogP contribution is -2.29. The van der Waals surface area contributed by atoms with Gasteiger partial charge in [0.2, 0.25) is 5.76 Å². The first-order valence-corrected chi connectivity index (χ1v) is 10.9. The molecule has 0 spiro atoms. The van der Waals surface area contributed by atoms with Crippen LogP contribution in [0, 0.1) is 6.92 Å². The Morgan fingerprint density at radius 2 is 1.84 bits per heavy atom. The quantitative estimate of drug-likeness (QED) is 0.455. The highest BCUT2D eigenvalue weighted by Crippen LogP contribution is 2.41. The van der Waals surface area contributed by atoms with E-state index in [0.717, 1.165) is 11.1 Å². The molecule has 4 rings (SSSR count). The lowest BCUT2D eigenvalue weighted by Gasteiger charge is -2.24. The summed E-state index contributed by atoms with van der Waals surface area (Å²) in [5.74, 6) is 0.840. The van der Waals surface area contributed by atoms with E-state index in [1.165, 1.54) is 0 Å². The monoisotopic (exact) mass is 453 g/mol. The molecule has 166 valence electrons. The fourth-order valence-corrected chi connectivity index (χ4v) is 4.22. The summed E-state index contributed by atoms with van der Waals surface area (Å²) in [5.41, 5.74) is 1.83. The van der Waals surface area contributed by atoms with Crippen molar-refractivity contribution in [3.05, 3.63) is 80.7 Å². The van der Waals surface area contributed by atoms with Crippen LogP contribution in [-0.4, -0.2) is 30.6 Å². The normalized spacial score (nSPS) is 15.2. The number of fused-ring (bicyclic) bond motifs is 2. The summed E-state index contributed by atoms with van der Waals surface area (Å²) in [6, 6.07) is 8.07. The third kappa shape index (κ3) is 3.54. The van der Waals surface area contributed by atoms with Crippen LogP contribution in [0.15, 0.2) is 52.2 Å². The fraction of sp³-hybridized carbons (Fsp3) is 0.280. The SMILES string of the molecule is C=CCN1C(=O)c2oc3cc(C)c(Cl)cc3c(=O)c2C1c1ccc(OCC)c(OCC)c1. The Labute approximate surface area is 191 Å². The molecule has 0 fully saturated rings. The number of hydrogen-bond donors (Lipinski definition) is 0. The molecule has 1 atom stereocenters. The van der Waals surface area contributed by atoms with Gasteiger partial charge < -0.3 is 18.8 Å². The zero-order valence-corrected chi connectivity index (χ0v) is 19.0. The van der Waals surface area contributed by atoms with Crippen molar-refractivity contribution < 1.29 is 18.7 Å². The van der Waals surface area contributed by atoms with Gasteiger partial charge in [0.25, 0.3) is 5.91 Å². The summed E-state index contributed by atoms with van der Waals surface area (Å²) in [5, 5.41) is 0.807. The van der Waals surface area contributed by atoms with E-state index in [2.05, 4.69) is 6.58 Å². The predicted molar refractivity (Wildman–Crippen MR) is 124 cm³/mol. The average Bonchev–Trinajstić information content (AvgIpc) is 3.04. The minimum absolute atomic E-state index is 0.0444. The van der Waals surface area contributed by atoms with Gasteiger partial charge >= 0.3 is 0 Å². The Balaban J connectivity index is 1.96. The van der Waals surface area contributed by atoms with E-state index in [4.69, 9.17) is 25.5 Å². The molecule has 0 radical (unpaired) electrons. The number of hydrogen-bond acceptors (Lipinski definition) is 5. The molecule has 0 saturated heterocycles. The topological polar surface area (TPSA) is 69.0 Å². The molecule has 32 heavy (non-hydrogen) atoms. The van der Waals surface area contributed by atoms with Gasteiger partial charge in [0, 0.05) is 11.6 Å². The van der Waals surface area contributed by atoms with Crippen molar-refractivity contribution in [1.82, 2.24) is 4.90 Å². The molecule has 0 saturated carbocycles. The predicted octanol–water partition coefficient (Wildman–Crippen LogP) is 5.28. The lowest BCUT2D eigenvalue weighted by atomic mass is 9.97. The first-order valence-electron chi connectivity index (χ1n) is 10.5. The number of carbonyl (C=O) groups is 1. The molecule has 1 aliphatic rings. The van der Waals surface area contributed by atoms with Crippen LogP contribution in [0.25, 0.3) is 11.0 Å². The van der Waals surface area contributed by atoms with Gasteiger partial charge in [-0.05, 0) is 56.2 Å². The van der Waals surface area contributed by atoms with Crippen molar-refractivity contribution in [3.8, 4) is 11.5 Å². The van der Waals surface area contributed by atoms with Crippen molar-refractivity contribution >= 4 is 28.5 Å². The van der Waals surface area contributed by atoms with Crippen molar-refractivity contribution in [2.24, 2.45) is 0 Å². The van der Waals surface area contributed by atoms with Gasteiger partial charge in [-0.25, -0.2) is 0 Å². The maximum atomic E-state index is 13.6. The van der Waals surface area contributed by atoms with E-state index in [-0.39, 0.29) is 29.2 Å². The van der Waals surface area contributed by atoms with Crippen molar-refractivity contribution in [2.75, 3.05) is 19.8 Å². The second-order valence-corrected chi connectivity index (χ2v) is 7.90. The molecule has 2 aromatic carbocycles. The minimum Gasteiger partial charge on any atom is -0.490 e. The Morgan fingerprint density at radius 1 is 1.12 bits per heavy atom. The van der Waals surface area contributed by atoms with E-state index in [1.807, 2.05) is 32.9 Å². The van der Waals surface area contributed by atoms with Crippen LogP contribution in [-0.2, 0) is 0 Å². The van der Waals surface area contributed by atoms with E-state index in [0.29, 0.717) is 40.7 Å². The Kier molecular flexibility index (Phi) is 5.98. The van der Waals surface area contributed by atoms with Crippen molar-refractivity contribution in [2.45, 2.75) is 26.8 Å². The van der Waals surface area contributed by atoms with Crippen LogP contribution in [0.5, 0.6) is 11.5 Å². The van der Waals surface area contributed by atoms with Crippen molar-refractivity contribution in [3.63, 3.8) is 0 Å². The number of aryl methyl sites for hydroxylation is 1. The van der Waals surface area contributed by atoms with E-state index in [9.17, 15) is 9.59 Å². The number of ether oxygens (including phenoxy) is 2. The highest BCUT2D eigenvalue weighted by molar-refractivity contribution is 6.32. The number of amides is 1. The lowest BCUT2D eigenvalue weighted by molar-refractivity contribution is 0.0748.